The summed E-state index contributed by atoms with van der Waals surface area (Å²) in [6.45, 7) is 1.22. The number of hydrogen-bond acceptors (Lipinski definition) is 4. The van der Waals surface area contributed by atoms with Gasteiger partial charge in [0, 0.05) is 32.1 Å². The lowest BCUT2D eigenvalue weighted by molar-refractivity contribution is -0.108. The first-order valence-electron chi connectivity index (χ1n) is 8.57. The summed E-state index contributed by atoms with van der Waals surface area (Å²) >= 11 is 0. The Kier molecular flexibility index (Phi) is 5.10. The van der Waals surface area contributed by atoms with E-state index < -0.39 is 0 Å². The van der Waals surface area contributed by atoms with Crippen LogP contribution in [0.15, 0.2) is 18.6 Å². The van der Waals surface area contributed by atoms with Crippen LogP contribution in [0.3, 0.4) is 0 Å². The standard InChI is InChI=1S/C17H26N4O2/c1-21(13-15-12-18-8-9-19-15)16(22)20-14-5-10-23-17(11-14)6-3-2-4-7-17/h8-9,12,14H,2-7,10-11,13H2,1H3,(H,20,22). The molecule has 6 heteroatoms. The third kappa shape index (κ3) is 4.19. The summed E-state index contributed by atoms with van der Waals surface area (Å²) in [7, 11) is 1.79. The molecule has 1 atom stereocenters. The Morgan fingerprint density at radius 3 is 2.96 bits per heavy atom. The Balaban J connectivity index is 1.52. The quantitative estimate of drug-likeness (QED) is 0.930. The van der Waals surface area contributed by atoms with Crippen molar-refractivity contribution in [1.82, 2.24) is 20.2 Å². The van der Waals surface area contributed by atoms with Gasteiger partial charge in [-0.05, 0) is 25.7 Å². The molecule has 0 aromatic carbocycles. The highest BCUT2D eigenvalue weighted by molar-refractivity contribution is 5.74. The molecule has 2 aliphatic rings. The molecule has 1 saturated heterocycles. The molecule has 0 radical (unpaired) electrons. The van der Waals surface area contributed by atoms with Crippen LogP contribution in [0.1, 0.15) is 50.6 Å². The van der Waals surface area contributed by atoms with E-state index in [9.17, 15) is 4.79 Å². The number of aromatic nitrogens is 2. The molecule has 126 valence electrons. The van der Waals surface area contributed by atoms with Crippen molar-refractivity contribution in [3.63, 3.8) is 0 Å². The first-order chi connectivity index (χ1) is 11.2. The molecular formula is C17H26N4O2. The Labute approximate surface area is 137 Å². The third-order valence-corrected chi connectivity index (χ3v) is 4.95. The van der Waals surface area contributed by atoms with Crippen molar-refractivity contribution in [1.29, 1.82) is 0 Å². The topological polar surface area (TPSA) is 67.4 Å². The average Bonchev–Trinajstić information content (AvgIpc) is 2.56. The van der Waals surface area contributed by atoms with Crippen molar-refractivity contribution in [3.05, 3.63) is 24.3 Å². The van der Waals surface area contributed by atoms with Crippen molar-refractivity contribution in [3.8, 4) is 0 Å². The van der Waals surface area contributed by atoms with Gasteiger partial charge in [0.1, 0.15) is 0 Å². The number of carbonyl (C=O) groups excluding carboxylic acids is 1. The number of rotatable bonds is 3. The van der Waals surface area contributed by atoms with Crippen LogP contribution in [0.2, 0.25) is 0 Å². The van der Waals surface area contributed by atoms with Crippen LogP contribution >= 0.6 is 0 Å². The van der Waals surface area contributed by atoms with Gasteiger partial charge in [0.05, 0.1) is 24.0 Å². The zero-order chi connectivity index (χ0) is 16.1. The highest BCUT2D eigenvalue weighted by atomic mass is 16.5. The first kappa shape index (κ1) is 16.2. The summed E-state index contributed by atoms with van der Waals surface area (Å²) < 4.78 is 6.09. The summed E-state index contributed by atoms with van der Waals surface area (Å²) in [6, 6.07) is 0.159. The van der Waals surface area contributed by atoms with E-state index in [0.29, 0.717) is 6.54 Å². The van der Waals surface area contributed by atoms with Crippen LogP contribution in [-0.4, -0.2) is 46.2 Å². The summed E-state index contributed by atoms with van der Waals surface area (Å²) in [5, 5.41) is 3.17. The molecule has 0 bridgehead atoms. The van der Waals surface area contributed by atoms with E-state index >= 15 is 0 Å². The van der Waals surface area contributed by atoms with Gasteiger partial charge in [0.25, 0.3) is 0 Å². The van der Waals surface area contributed by atoms with Crippen LogP contribution in [0.25, 0.3) is 0 Å². The third-order valence-electron chi connectivity index (χ3n) is 4.95. The predicted octanol–water partition coefficient (Wildman–Crippen LogP) is 2.50. The summed E-state index contributed by atoms with van der Waals surface area (Å²) in [5.41, 5.74) is 0.804. The largest absolute Gasteiger partial charge is 0.375 e. The Hall–Kier alpha value is -1.69. The summed E-state index contributed by atoms with van der Waals surface area (Å²) in [4.78, 5) is 22.3. The van der Waals surface area contributed by atoms with Gasteiger partial charge in [-0.25, -0.2) is 4.79 Å². The van der Waals surface area contributed by atoms with Crippen LogP contribution in [0, 0.1) is 0 Å². The second-order valence-corrected chi connectivity index (χ2v) is 6.78. The summed E-state index contributed by atoms with van der Waals surface area (Å²) in [5.74, 6) is 0. The first-order valence-corrected chi connectivity index (χ1v) is 8.57. The molecule has 3 rings (SSSR count). The van der Waals surface area contributed by atoms with Gasteiger partial charge in [-0.1, -0.05) is 19.3 Å². The normalized spacial score (nSPS) is 23.4. The molecular weight excluding hydrogens is 292 g/mol. The van der Waals surface area contributed by atoms with E-state index in [4.69, 9.17) is 4.74 Å². The molecule has 2 fully saturated rings. The highest BCUT2D eigenvalue weighted by Gasteiger charge is 2.39. The number of ether oxygens (including phenoxy) is 1. The smallest absolute Gasteiger partial charge is 0.317 e. The monoisotopic (exact) mass is 318 g/mol. The maximum Gasteiger partial charge on any atom is 0.317 e. The molecule has 1 saturated carbocycles. The molecule has 1 aromatic heterocycles. The molecule has 23 heavy (non-hydrogen) atoms. The maximum absolute atomic E-state index is 12.4. The Morgan fingerprint density at radius 2 is 2.22 bits per heavy atom. The van der Waals surface area contributed by atoms with Crippen LogP contribution in [-0.2, 0) is 11.3 Å². The van der Waals surface area contributed by atoms with Crippen molar-refractivity contribution in [2.75, 3.05) is 13.7 Å². The number of urea groups is 1. The second kappa shape index (κ2) is 7.25. The zero-order valence-electron chi connectivity index (χ0n) is 13.8. The minimum Gasteiger partial charge on any atom is -0.375 e. The van der Waals surface area contributed by atoms with E-state index in [1.807, 2.05) is 0 Å². The van der Waals surface area contributed by atoms with E-state index in [1.54, 1.807) is 30.5 Å². The maximum atomic E-state index is 12.4. The van der Waals surface area contributed by atoms with Crippen molar-refractivity contribution >= 4 is 6.03 Å². The lowest BCUT2D eigenvalue weighted by Gasteiger charge is -2.43. The molecule has 1 aliphatic heterocycles. The van der Waals surface area contributed by atoms with E-state index in [-0.39, 0.29) is 17.7 Å². The lowest BCUT2D eigenvalue weighted by atomic mass is 9.78. The van der Waals surface area contributed by atoms with Gasteiger partial charge in [-0.2, -0.15) is 0 Å². The number of nitrogens with zero attached hydrogens (tertiary/aromatic N) is 3. The molecule has 1 N–H and O–H groups in total. The van der Waals surface area contributed by atoms with Crippen LogP contribution in [0.4, 0.5) is 4.79 Å². The van der Waals surface area contributed by atoms with E-state index in [0.717, 1.165) is 38.0 Å². The van der Waals surface area contributed by atoms with Crippen molar-refractivity contribution < 1.29 is 9.53 Å². The molecule has 1 spiro atoms. The highest BCUT2D eigenvalue weighted by Crippen LogP contribution is 2.38. The van der Waals surface area contributed by atoms with Gasteiger partial charge in [0.15, 0.2) is 0 Å². The van der Waals surface area contributed by atoms with Crippen molar-refractivity contribution in [2.24, 2.45) is 0 Å². The fourth-order valence-corrected chi connectivity index (χ4v) is 3.71. The SMILES string of the molecule is CN(Cc1cnccn1)C(=O)NC1CCOC2(CCCCC2)C1. The second-order valence-electron chi connectivity index (χ2n) is 6.78. The molecule has 1 aromatic rings. The molecule has 1 aliphatic carbocycles. The number of amides is 2. The lowest BCUT2D eigenvalue weighted by Crippen LogP contribution is -2.51. The van der Waals surface area contributed by atoms with E-state index in [1.165, 1.54) is 19.3 Å². The Morgan fingerprint density at radius 1 is 1.39 bits per heavy atom. The average molecular weight is 318 g/mol. The number of nitrogens with one attached hydrogen (secondary N) is 1. The zero-order valence-corrected chi connectivity index (χ0v) is 13.8. The van der Waals surface area contributed by atoms with Gasteiger partial charge in [-0.3, -0.25) is 9.97 Å². The molecule has 1 unspecified atom stereocenters. The molecule has 6 nitrogen and oxygen atoms in total. The minimum atomic E-state index is -0.0477. The van der Waals surface area contributed by atoms with Crippen LogP contribution < -0.4 is 5.32 Å². The number of carbonyl (C=O) groups is 1. The van der Waals surface area contributed by atoms with Gasteiger partial charge in [-0.15, -0.1) is 0 Å². The van der Waals surface area contributed by atoms with Crippen molar-refractivity contribution in [2.45, 2.75) is 63.1 Å². The van der Waals surface area contributed by atoms with Gasteiger partial charge >= 0.3 is 6.03 Å². The minimum absolute atomic E-state index is 0.0118. The van der Waals surface area contributed by atoms with Gasteiger partial charge in [0.2, 0.25) is 0 Å². The van der Waals surface area contributed by atoms with E-state index in [2.05, 4.69) is 15.3 Å². The molecule has 2 heterocycles. The van der Waals surface area contributed by atoms with Gasteiger partial charge < -0.3 is 15.0 Å². The molecule has 2 amide bonds. The van der Waals surface area contributed by atoms with Crippen LogP contribution in [0.5, 0.6) is 0 Å². The summed E-state index contributed by atoms with van der Waals surface area (Å²) in [6.07, 6.45) is 12.9. The Bertz CT molecular complexity index is 511. The fourth-order valence-electron chi connectivity index (χ4n) is 3.71. The number of hydrogen-bond donors (Lipinski definition) is 1. The predicted molar refractivity (Wildman–Crippen MR) is 86.8 cm³/mol. The fraction of sp³-hybridized carbons (Fsp3) is 0.706.